The molecule has 17 heavy (non-hydrogen) atoms. The highest BCUT2D eigenvalue weighted by Crippen LogP contribution is 2.20. The molecule has 0 amide bonds. The minimum atomic E-state index is 0.797. The molecule has 2 rings (SSSR count). The summed E-state index contributed by atoms with van der Waals surface area (Å²) in [6, 6.07) is 8.33. The van der Waals surface area contributed by atoms with E-state index in [1.165, 1.54) is 5.56 Å². The van der Waals surface area contributed by atoms with Crippen molar-refractivity contribution in [2.24, 2.45) is 0 Å². The predicted octanol–water partition coefficient (Wildman–Crippen LogP) is 2.92. The van der Waals surface area contributed by atoms with Gasteiger partial charge in [0.25, 0.3) is 0 Å². The molecule has 1 aromatic carbocycles. The topological polar surface area (TPSA) is 29.9 Å². The fraction of sp³-hybridized carbons (Fsp3) is 0.308. The van der Waals surface area contributed by atoms with Gasteiger partial charge in [0.2, 0.25) is 0 Å². The number of nitrogens with zero attached hydrogens (tertiary/aromatic N) is 2. The number of aryl methyl sites for hydroxylation is 1. The number of halogens is 1. The van der Waals surface area contributed by atoms with Gasteiger partial charge in [-0.1, -0.05) is 22.9 Å². The van der Waals surface area contributed by atoms with Crippen LogP contribution in [0.25, 0.3) is 5.69 Å². The van der Waals surface area contributed by atoms with Gasteiger partial charge in [-0.15, -0.1) is 0 Å². The summed E-state index contributed by atoms with van der Waals surface area (Å²) in [5.41, 5.74) is 3.49. The molecule has 0 fully saturated rings. The number of hydrogen-bond acceptors (Lipinski definition) is 2. The number of hydrogen-bond donors (Lipinski definition) is 1. The summed E-state index contributed by atoms with van der Waals surface area (Å²) >= 11 is 3.50. The molecule has 2 aromatic rings. The molecule has 0 atom stereocenters. The van der Waals surface area contributed by atoms with Gasteiger partial charge in [-0.3, -0.25) is 0 Å². The molecular weight excluding hydrogens is 278 g/mol. The first kappa shape index (κ1) is 12.3. The molecule has 1 aromatic heterocycles. The van der Waals surface area contributed by atoms with Crippen molar-refractivity contribution in [2.45, 2.75) is 19.9 Å². The van der Waals surface area contributed by atoms with Gasteiger partial charge in [0, 0.05) is 17.2 Å². The van der Waals surface area contributed by atoms with Gasteiger partial charge < -0.3 is 5.32 Å². The first-order valence-corrected chi connectivity index (χ1v) is 6.52. The van der Waals surface area contributed by atoms with E-state index >= 15 is 0 Å². The van der Waals surface area contributed by atoms with E-state index < -0.39 is 0 Å². The number of rotatable bonds is 4. The molecular formula is C13H16BrN3. The van der Waals surface area contributed by atoms with Gasteiger partial charge in [0.05, 0.1) is 11.4 Å². The van der Waals surface area contributed by atoms with E-state index in [1.54, 1.807) is 0 Å². The Bertz CT molecular complexity index is 505. The summed E-state index contributed by atoms with van der Waals surface area (Å²) in [5, 5.41) is 7.65. The van der Waals surface area contributed by atoms with E-state index in [4.69, 9.17) is 0 Å². The van der Waals surface area contributed by atoms with Crippen molar-refractivity contribution in [3.8, 4) is 5.69 Å². The molecule has 0 unspecified atom stereocenters. The van der Waals surface area contributed by atoms with Gasteiger partial charge in [-0.2, -0.15) is 5.10 Å². The van der Waals surface area contributed by atoms with E-state index in [0.717, 1.165) is 28.8 Å². The average Bonchev–Trinajstić information content (AvgIpc) is 2.78. The highest BCUT2D eigenvalue weighted by molar-refractivity contribution is 9.10. The molecule has 0 spiro atoms. The molecule has 0 radical (unpaired) electrons. The minimum absolute atomic E-state index is 0.797. The normalized spacial score (nSPS) is 10.8. The second kappa shape index (κ2) is 5.47. The van der Waals surface area contributed by atoms with Crippen molar-refractivity contribution in [3.05, 3.63) is 46.2 Å². The summed E-state index contributed by atoms with van der Waals surface area (Å²) in [5.74, 6) is 0. The maximum atomic E-state index is 4.55. The zero-order chi connectivity index (χ0) is 12.3. The third-order valence-corrected chi connectivity index (χ3v) is 3.16. The van der Waals surface area contributed by atoms with Crippen LogP contribution in [0.1, 0.15) is 18.2 Å². The zero-order valence-corrected chi connectivity index (χ0v) is 11.7. The van der Waals surface area contributed by atoms with E-state index in [2.05, 4.69) is 45.4 Å². The average molecular weight is 294 g/mol. The summed E-state index contributed by atoms with van der Waals surface area (Å²) < 4.78 is 3.05. The third kappa shape index (κ3) is 2.76. The van der Waals surface area contributed by atoms with Crippen LogP contribution in [0, 0.1) is 0 Å². The number of nitrogens with one attached hydrogen (secondary N) is 1. The Hall–Kier alpha value is -1.13. The van der Waals surface area contributed by atoms with Gasteiger partial charge in [0.15, 0.2) is 0 Å². The quantitative estimate of drug-likeness (QED) is 0.939. The van der Waals surface area contributed by atoms with Gasteiger partial charge in [0.1, 0.15) is 0 Å². The van der Waals surface area contributed by atoms with Crippen LogP contribution in [0.2, 0.25) is 0 Å². The van der Waals surface area contributed by atoms with Gasteiger partial charge in [-0.05, 0) is 43.3 Å². The molecule has 0 aliphatic heterocycles. The first-order valence-electron chi connectivity index (χ1n) is 5.72. The lowest BCUT2D eigenvalue weighted by molar-refractivity contribution is 0.754. The maximum absolute atomic E-state index is 4.55. The van der Waals surface area contributed by atoms with E-state index in [1.807, 2.05) is 30.1 Å². The smallest absolute Gasteiger partial charge is 0.0766 e. The zero-order valence-electron chi connectivity index (χ0n) is 10.1. The molecule has 3 nitrogen and oxygen atoms in total. The van der Waals surface area contributed by atoms with Crippen LogP contribution in [0.4, 0.5) is 0 Å². The lowest BCUT2D eigenvalue weighted by Gasteiger charge is -2.08. The van der Waals surface area contributed by atoms with E-state index in [-0.39, 0.29) is 0 Å². The Morgan fingerprint density at radius 2 is 2.18 bits per heavy atom. The number of benzene rings is 1. The van der Waals surface area contributed by atoms with Crippen LogP contribution in [0.3, 0.4) is 0 Å². The highest BCUT2D eigenvalue weighted by Gasteiger charge is 2.05. The Morgan fingerprint density at radius 3 is 2.88 bits per heavy atom. The van der Waals surface area contributed by atoms with Crippen molar-refractivity contribution < 1.29 is 0 Å². The standard InChI is InChI=1S/C13H16BrN3/c1-3-10-8-11(14)4-5-13(10)17-7-6-12(16-17)9-15-2/h4-8,15H,3,9H2,1-2H3. The first-order chi connectivity index (χ1) is 8.24. The second-order valence-corrected chi connectivity index (χ2v) is 4.82. The SMILES string of the molecule is CCc1cc(Br)ccc1-n1ccc(CNC)n1. The maximum Gasteiger partial charge on any atom is 0.0766 e. The summed E-state index contributed by atoms with van der Waals surface area (Å²) in [6.07, 6.45) is 3.01. The highest BCUT2D eigenvalue weighted by atomic mass is 79.9. The monoisotopic (exact) mass is 293 g/mol. The molecule has 4 heteroatoms. The summed E-state index contributed by atoms with van der Waals surface area (Å²) in [6.45, 7) is 2.95. The van der Waals surface area contributed by atoms with Crippen molar-refractivity contribution in [1.82, 2.24) is 15.1 Å². The van der Waals surface area contributed by atoms with Crippen LogP contribution in [-0.2, 0) is 13.0 Å². The minimum Gasteiger partial charge on any atom is -0.314 e. The largest absolute Gasteiger partial charge is 0.314 e. The Kier molecular flexibility index (Phi) is 3.97. The van der Waals surface area contributed by atoms with Crippen molar-refractivity contribution in [2.75, 3.05) is 7.05 Å². The molecule has 0 aliphatic carbocycles. The van der Waals surface area contributed by atoms with Crippen LogP contribution >= 0.6 is 15.9 Å². The lowest BCUT2D eigenvalue weighted by Crippen LogP contribution is -2.07. The van der Waals surface area contributed by atoms with Crippen LogP contribution < -0.4 is 5.32 Å². The molecule has 0 aliphatic rings. The van der Waals surface area contributed by atoms with Crippen molar-refractivity contribution in [1.29, 1.82) is 0 Å². The van der Waals surface area contributed by atoms with Crippen molar-refractivity contribution >= 4 is 15.9 Å². The molecule has 0 saturated carbocycles. The van der Waals surface area contributed by atoms with E-state index in [9.17, 15) is 0 Å². The molecule has 1 heterocycles. The van der Waals surface area contributed by atoms with Crippen LogP contribution in [0.15, 0.2) is 34.9 Å². The lowest BCUT2D eigenvalue weighted by atomic mass is 10.1. The number of aromatic nitrogens is 2. The summed E-state index contributed by atoms with van der Waals surface area (Å²) in [4.78, 5) is 0. The van der Waals surface area contributed by atoms with Crippen molar-refractivity contribution in [3.63, 3.8) is 0 Å². The van der Waals surface area contributed by atoms with E-state index in [0.29, 0.717) is 0 Å². The Balaban J connectivity index is 2.37. The fourth-order valence-electron chi connectivity index (χ4n) is 1.83. The van der Waals surface area contributed by atoms with Gasteiger partial charge in [-0.25, -0.2) is 4.68 Å². The van der Waals surface area contributed by atoms with Crippen LogP contribution in [-0.4, -0.2) is 16.8 Å². The second-order valence-electron chi connectivity index (χ2n) is 3.91. The molecule has 1 N–H and O–H groups in total. The fourth-order valence-corrected chi connectivity index (χ4v) is 2.24. The summed E-state index contributed by atoms with van der Waals surface area (Å²) in [7, 11) is 1.93. The molecule has 90 valence electrons. The molecule has 0 saturated heterocycles. The molecule has 0 bridgehead atoms. The van der Waals surface area contributed by atoms with Crippen LogP contribution in [0.5, 0.6) is 0 Å². The third-order valence-electron chi connectivity index (χ3n) is 2.67. The predicted molar refractivity (Wildman–Crippen MR) is 73.4 cm³/mol. The Morgan fingerprint density at radius 1 is 1.35 bits per heavy atom. The Labute approximate surface area is 110 Å². The van der Waals surface area contributed by atoms with Gasteiger partial charge >= 0.3 is 0 Å².